The molecule has 1 atom stereocenters. The molecule has 14 heavy (non-hydrogen) atoms. The fraction of sp³-hybridized carbons (Fsp3) is 0.900. The van der Waals surface area contributed by atoms with E-state index in [1.165, 1.54) is 19.3 Å². The highest BCUT2D eigenvalue weighted by atomic mass is 16.6. The van der Waals surface area contributed by atoms with E-state index in [2.05, 4.69) is 10.6 Å². The molecule has 0 aromatic carbocycles. The topological polar surface area (TPSA) is 53.7 Å². The number of nitrogens with one attached hydrogen (secondary N) is 2. The zero-order chi connectivity index (χ0) is 9.80. The standard InChI is InChI=1S/C10H18N2O2/c13-10(11-6-9-7-14-9)12-8-4-2-1-3-5-8/h8-9H,1-7H2,(H2,11,12,13)/t9-/m0/s1. The van der Waals surface area contributed by atoms with Gasteiger partial charge in [0.1, 0.15) is 0 Å². The van der Waals surface area contributed by atoms with Gasteiger partial charge < -0.3 is 15.4 Å². The van der Waals surface area contributed by atoms with Crippen molar-refractivity contribution in [1.29, 1.82) is 0 Å². The molecular formula is C10H18N2O2. The van der Waals surface area contributed by atoms with Gasteiger partial charge in [-0.1, -0.05) is 19.3 Å². The molecule has 0 bridgehead atoms. The Morgan fingerprint density at radius 2 is 2.00 bits per heavy atom. The molecule has 1 saturated carbocycles. The summed E-state index contributed by atoms with van der Waals surface area (Å²) in [6.07, 6.45) is 6.34. The van der Waals surface area contributed by atoms with Gasteiger partial charge in [-0.05, 0) is 12.8 Å². The first-order valence-electron chi connectivity index (χ1n) is 5.50. The molecule has 0 spiro atoms. The summed E-state index contributed by atoms with van der Waals surface area (Å²) in [6, 6.07) is 0.358. The number of epoxide rings is 1. The molecule has 2 amide bonds. The molecular weight excluding hydrogens is 180 g/mol. The Morgan fingerprint density at radius 3 is 2.64 bits per heavy atom. The SMILES string of the molecule is O=C(NC[C@H]1CO1)NC1CCCCC1. The van der Waals surface area contributed by atoms with Crippen molar-refractivity contribution in [3.05, 3.63) is 0 Å². The number of ether oxygens (including phenoxy) is 1. The number of urea groups is 1. The maximum Gasteiger partial charge on any atom is 0.315 e. The van der Waals surface area contributed by atoms with Crippen molar-refractivity contribution in [3.8, 4) is 0 Å². The largest absolute Gasteiger partial charge is 0.371 e. The normalized spacial score (nSPS) is 27.0. The second-order valence-corrected chi connectivity index (χ2v) is 4.14. The van der Waals surface area contributed by atoms with E-state index in [0.29, 0.717) is 12.6 Å². The molecule has 0 aromatic heterocycles. The van der Waals surface area contributed by atoms with Crippen LogP contribution in [0.4, 0.5) is 4.79 Å². The van der Waals surface area contributed by atoms with E-state index in [1.807, 2.05) is 0 Å². The Balaban J connectivity index is 1.59. The Morgan fingerprint density at radius 1 is 1.29 bits per heavy atom. The van der Waals surface area contributed by atoms with Crippen molar-refractivity contribution in [2.75, 3.05) is 13.2 Å². The number of hydrogen-bond acceptors (Lipinski definition) is 2. The fourth-order valence-corrected chi connectivity index (χ4v) is 1.88. The minimum atomic E-state index is -0.0348. The molecule has 1 aliphatic carbocycles. The van der Waals surface area contributed by atoms with E-state index in [4.69, 9.17) is 4.74 Å². The van der Waals surface area contributed by atoms with E-state index < -0.39 is 0 Å². The first-order valence-corrected chi connectivity index (χ1v) is 5.50. The average Bonchev–Trinajstić information content (AvgIpc) is 3.00. The summed E-state index contributed by atoms with van der Waals surface area (Å²) in [6.45, 7) is 1.45. The average molecular weight is 198 g/mol. The fourth-order valence-electron chi connectivity index (χ4n) is 1.88. The second-order valence-electron chi connectivity index (χ2n) is 4.14. The van der Waals surface area contributed by atoms with Gasteiger partial charge in [0, 0.05) is 12.6 Å². The van der Waals surface area contributed by atoms with Crippen LogP contribution in [-0.2, 0) is 4.74 Å². The highest BCUT2D eigenvalue weighted by molar-refractivity contribution is 5.74. The molecule has 80 valence electrons. The van der Waals surface area contributed by atoms with E-state index >= 15 is 0 Å². The van der Waals surface area contributed by atoms with Gasteiger partial charge in [0.2, 0.25) is 0 Å². The van der Waals surface area contributed by atoms with Crippen LogP contribution in [0.15, 0.2) is 0 Å². The predicted molar refractivity (Wildman–Crippen MR) is 53.1 cm³/mol. The maximum absolute atomic E-state index is 11.4. The second kappa shape index (κ2) is 4.64. The summed E-state index contributed by atoms with van der Waals surface area (Å²) in [7, 11) is 0. The lowest BCUT2D eigenvalue weighted by Gasteiger charge is -2.22. The third-order valence-corrected chi connectivity index (χ3v) is 2.83. The van der Waals surface area contributed by atoms with Gasteiger partial charge >= 0.3 is 6.03 Å². The van der Waals surface area contributed by atoms with Crippen LogP contribution in [0.1, 0.15) is 32.1 Å². The summed E-state index contributed by atoms with van der Waals surface area (Å²) in [4.78, 5) is 11.4. The van der Waals surface area contributed by atoms with Gasteiger partial charge in [0.05, 0.1) is 12.7 Å². The van der Waals surface area contributed by atoms with Gasteiger partial charge in [-0.2, -0.15) is 0 Å². The molecule has 2 rings (SSSR count). The third-order valence-electron chi connectivity index (χ3n) is 2.83. The van der Waals surface area contributed by atoms with Gasteiger partial charge in [0.25, 0.3) is 0 Å². The molecule has 2 N–H and O–H groups in total. The molecule has 2 fully saturated rings. The molecule has 1 heterocycles. The van der Waals surface area contributed by atoms with Crippen molar-refractivity contribution in [2.24, 2.45) is 0 Å². The summed E-state index contributed by atoms with van der Waals surface area (Å²) >= 11 is 0. The van der Waals surface area contributed by atoms with E-state index in [1.54, 1.807) is 0 Å². The molecule has 4 nitrogen and oxygen atoms in total. The lowest BCUT2D eigenvalue weighted by molar-refractivity contribution is 0.231. The van der Waals surface area contributed by atoms with Crippen LogP contribution >= 0.6 is 0 Å². The van der Waals surface area contributed by atoms with Crippen LogP contribution in [0.2, 0.25) is 0 Å². The quantitative estimate of drug-likeness (QED) is 0.665. The van der Waals surface area contributed by atoms with Crippen molar-refractivity contribution < 1.29 is 9.53 Å². The molecule has 1 aliphatic heterocycles. The number of carbonyl (C=O) groups is 1. The molecule has 0 aromatic rings. The van der Waals surface area contributed by atoms with Crippen molar-refractivity contribution >= 4 is 6.03 Å². The first-order chi connectivity index (χ1) is 6.84. The minimum Gasteiger partial charge on any atom is -0.371 e. The zero-order valence-electron chi connectivity index (χ0n) is 8.42. The lowest BCUT2D eigenvalue weighted by atomic mass is 9.96. The number of hydrogen-bond donors (Lipinski definition) is 2. The van der Waals surface area contributed by atoms with Gasteiger partial charge in [-0.3, -0.25) is 0 Å². The van der Waals surface area contributed by atoms with Crippen LogP contribution in [0.5, 0.6) is 0 Å². The van der Waals surface area contributed by atoms with Gasteiger partial charge in [0.15, 0.2) is 0 Å². The molecule has 4 heteroatoms. The summed E-state index contributed by atoms with van der Waals surface area (Å²) in [5.74, 6) is 0. The number of rotatable bonds is 3. The van der Waals surface area contributed by atoms with Crippen LogP contribution in [-0.4, -0.2) is 31.3 Å². The van der Waals surface area contributed by atoms with E-state index in [0.717, 1.165) is 19.4 Å². The zero-order valence-corrected chi connectivity index (χ0v) is 8.42. The van der Waals surface area contributed by atoms with Gasteiger partial charge in [-0.25, -0.2) is 4.79 Å². The van der Waals surface area contributed by atoms with Crippen molar-refractivity contribution in [2.45, 2.75) is 44.2 Å². The molecule has 0 radical (unpaired) electrons. The van der Waals surface area contributed by atoms with Crippen molar-refractivity contribution in [1.82, 2.24) is 10.6 Å². The Labute approximate surface area is 84.4 Å². The smallest absolute Gasteiger partial charge is 0.315 e. The van der Waals surface area contributed by atoms with Gasteiger partial charge in [-0.15, -0.1) is 0 Å². The van der Waals surface area contributed by atoms with Crippen LogP contribution in [0.3, 0.4) is 0 Å². The first kappa shape index (κ1) is 9.77. The van der Waals surface area contributed by atoms with Crippen LogP contribution in [0, 0.1) is 0 Å². The summed E-state index contributed by atoms with van der Waals surface area (Å²) in [5, 5.41) is 5.81. The summed E-state index contributed by atoms with van der Waals surface area (Å²) < 4.78 is 5.01. The Hall–Kier alpha value is -0.770. The highest BCUT2D eigenvalue weighted by Crippen LogP contribution is 2.17. The monoisotopic (exact) mass is 198 g/mol. The third kappa shape index (κ3) is 3.18. The predicted octanol–water partition coefficient (Wildman–Crippen LogP) is 1.02. The summed E-state index contributed by atoms with van der Waals surface area (Å²) in [5.41, 5.74) is 0. The highest BCUT2D eigenvalue weighted by Gasteiger charge is 2.23. The van der Waals surface area contributed by atoms with E-state index in [-0.39, 0.29) is 12.1 Å². The Kier molecular flexibility index (Phi) is 3.24. The van der Waals surface area contributed by atoms with Crippen molar-refractivity contribution in [3.63, 3.8) is 0 Å². The molecule has 1 saturated heterocycles. The molecule has 0 unspecified atom stereocenters. The minimum absolute atomic E-state index is 0.0348. The number of carbonyl (C=O) groups excluding carboxylic acids is 1. The Bertz CT molecular complexity index is 198. The van der Waals surface area contributed by atoms with Crippen LogP contribution < -0.4 is 10.6 Å². The lowest BCUT2D eigenvalue weighted by Crippen LogP contribution is -2.43. The maximum atomic E-state index is 11.4. The molecule has 2 aliphatic rings. The van der Waals surface area contributed by atoms with E-state index in [9.17, 15) is 4.79 Å². The number of amides is 2. The van der Waals surface area contributed by atoms with Crippen LogP contribution in [0.25, 0.3) is 0 Å².